The van der Waals surface area contributed by atoms with Crippen LogP contribution in [0.25, 0.3) is 0 Å². The number of halogens is 3. The van der Waals surface area contributed by atoms with E-state index >= 15 is 0 Å². The number of hydrogen-bond acceptors (Lipinski definition) is 3. The minimum Gasteiger partial charge on any atom is -0.325 e. The molecular formula is C22H19Cl3N2O3S. The second kappa shape index (κ2) is 10.0. The Labute approximate surface area is 196 Å². The molecule has 3 rings (SSSR count). The van der Waals surface area contributed by atoms with Crippen LogP contribution in [0.1, 0.15) is 11.1 Å². The first-order chi connectivity index (χ1) is 14.7. The monoisotopic (exact) mass is 496 g/mol. The Balaban J connectivity index is 1.91. The largest absolute Gasteiger partial charge is 0.325 e. The molecule has 3 aromatic carbocycles. The Kier molecular flexibility index (Phi) is 7.62. The third-order valence-electron chi connectivity index (χ3n) is 4.52. The molecule has 1 amide bonds. The third kappa shape index (κ3) is 6.21. The van der Waals surface area contributed by atoms with Crippen LogP contribution in [0, 0.1) is 6.92 Å². The maximum atomic E-state index is 13.0. The maximum Gasteiger partial charge on any atom is 0.242 e. The molecule has 0 aliphatic heterocycles. The van der Waals surface area contributed by atoms with E-state index in [2.05, 4.69) is 10.0 Å². The predicted molar refractivity (Wildman–Crippen MR) is 126 cm³/mol. The third-order valence-corrected chi connectivity index (χ3v) is 7.11. The molecule has 9 heteroatoms. The van der Waals surface area contributed by atoms with E-state index in [1.54, 1.807) is 18.2 Å². The van der Waals surface area contributed by atoms with Crippen molar-refractivity contribution < 1.29 is 13.2 Å². The first-order valence-corrected chi connectivity index (χ1v) is 11.9. The number of rotatable bonds is 7. The van der Waals surface area contributed by atoms with Crippen LogP contribution in [0.2, 0.25) is 15.1 Å². The van der Waals surface area contributed by atoms with Gasteiger partial charge in [0, 0.05) is 15.7 Å². The van der Waals surface area contributed by atoms with E-state index in [1.807, 2.05) is 37.3 Å². The van der Waals surface area contributed by atoms with E-state index in [0.717, 1.165) is 11.1 Å². The average molecular weight is 498 g/mol. The molecule has 1 atom stereocenters. The molecule has 0 fully saturated rings. The van der Waals surface area contributed by atoms with Crippen molar-refractivity contribution in [3.63, 3.8) is 0 Å². The molecule has 5 nitrogen and oxygen atoms in total. The average Bonchev–Trinajstić information content (AvgIpc) is 2.72. The fourth-order valence-corrected chi connectivity index (χ4v) is 5.01. The second-order valence-corrected chi connectivity index (χ2v) is 9.82. The van der Waals surface area contributed by atoms with Gasteiger partial charge in [0.1, 0.15) is 10.9 Å². The van der Waals surface area contributed by atoms with E-state index in [1.165, 1.54) is 18.2 Å². The highest BCUT2D eigenvalue weighted by Crippen LogP contribution is 2.26. The van der Waals surface area contributed by atoms with Crippen LogP contribution in [-0.4, -0.2) is 20.4 Å². The quantitative estimate of drug-likeness (QED) is 0.454. The summed E-state index contributed by atoms with van der Waals surface area (Å²) in [5.74, 6) is -0.537. The number of benzene rings is 3. The lowest BCUT2D eigenvalue weighted by Gasteiger charge is -2.19. The molecule has 2 N–H and O–H groups in total. The lowest BCUT2D eigenvalue weighted by molar-refractivity contribution is -0.117. The molecular weight excluding hydrogens is 479 g/mol. The maximum absolute atomic E-state index is 13.0. The van der Waals surface area contributed by atoms with Gasteiger partial charge in [0.2, 0.25) is 15.9 Å². The van der Waals surface area contributed by atoms with Gasteiger partial charge < -0.3 is 5.32 Å². The molecule has 0 unspecified atom stereocenters. The topological polar surface area (TPSA) is 75.3 Å². The molecule has 0 spiro atoms. The molecule has 31 heavy (non-hydrogen) atoms. The van der Waals surface area contributed by atoms with Crippen LogP contribution in [0.3, 0.4) is 0 Å². The summed E-state index contributed by atoms with van der Waals surface area (Å²) in [5, 5.41) is 3.42. The van der Waals surface area contributed by atoms with E-state index in [9.17, 15) is 13.2 Å². The smallest absolute Gasteiger partial charge is 0.242 e. The zero-order valence-electron chi connectivity index (χ0n) is 16.4. The Bertz CT molecular complexity index is 1200. The zero-order valence-corrected chi connectivity index (χ0v) is 19.5. The summed E-state index contributed by atoms with van der Waals surface area (Å²) in [6.45, 7) is 1.84. The molecule has 0 saturated carbocycles. The summed E-state index contributed by atoms with van der Waals surface area (Å²) < 4.78 is 28.5. The van der Waals surface area contributed by atoms with Crippen molar-refractivity contribution in [1.82, 2.24) is 4.72 Å². The van der Waals surface area contributed by atoms with Gasteiger partial charge in [-0.05, 0) is 54.8 Å². The lowest BCUT2D eigenvalue weighted by Crippen LogP contribution is -2.45. The lowest BCUT2D eigenvalue weighted by atomic mass is 10.1. The molecule has 0 aliphatic carbocycles. The first-order valence-electron chi connectivity index (χ1n) is 9.24. The predicted octanol–water partition coefficient (Wildman–Crippen LogP) is 5.48. The second-order valence-electron chi connectivity index (χ2n) is 6.89. The van der Waals surface area contributed by atoms with Crippen molar-refractivity contribution in [2.24, 2.45) is 0 Å². The fourth-order valence-electron chi connectivity index (χ4n) is 2.87. The summed E-state index contributed by atoms with van der Waals surface area (Å²) in [4.78, 5) is 12.8. The fraction of sp³-hybridized carbons (Fsp3) is 0.136. The van der Waals surface area contributed by atoms with Crippen molar-refractivity contribution in [3.05, 3.63) is 92.9 Å². The van der Waals surface area contributed by atoms with Gasteiger partial charge in [-0.15, -0.1) is 0 Å². The SMILES string of the molecule is Cc1ccc(NC(=O)[C@H](Cc2ccccc2)NS(=O)(=O)c2cc(Cl)ccc2Cl)cc1Cl. The van der Waals surface area contributed by atoms with Gasteiger partial charge in [-0.25, -0.2) is 8.42 Å². The summed E-state index contributed by atoms with van der Waals surface area (Å²) in [6.07, 6.45) is 0.129. The van der Waals surface area contributed by atoms with Crippen molar-refractivity contribution in [2.45, 2.75) is 24.3 Å². The molecule has 0 aliphatic rings. The molecule has 0 aromatic heterocycles. The van der Waals surface area contributed by atoms with Crippen LogP contribution < -0.4 is 10.0 Å². The summed E-state index contributed by atoms with van der Waals surface area (Å²) in [6, 6.07) is 17.1. The van der Waals surface area contributed by atoms with Crippen LogP contribution in [-0.2, 0) is 21.2 Å². The summed E-state index contributed by atoms with van der Waals surface area (Å²) >= 11 is 18.2. The summed E-state index contributed by atoms with van der Waals surface area (Å²) in [5.41, 5.74) is 2.10. The van der Waals surface area contributed by atoms with Gasteiger partial charge in [0.05, 0.1) is 5.02 Å². The first kappa shape index (κ1) is 23.6. The van der Waals surface area contributed by atoms with E-state index in [4.69, 9.17) is 34.8 Å². The number of hydrogen-bond donors (Lipinski definition) is 2. The number of aryl methyl sites for hydroxylation is 1. The minimum atomic E-state index is -4.14. The van der Waals surface area contributed by atoms with Crippen LogP contribution in [0.5, 0.6) is 0 Å². The number of carbonyl (C=O) groups is 1. The van der Waals surface area contributed by atoms with Crippen molar-refractivity contribution in [1.29, 1.82) is 0 Å². The standard InChI is InChI=1S/C22H19Cl3N2O3S/c1-14-7-9-17(13-19(14)25)26-22(28)20(11-15-5-3-2-4-6-15)27-31(29,30)21-12-16(23)8-10-18(21)24/h2-10,12-13,20,27H,11H2,1H3,(H,26,28)/t20-/m0/s1. The van der Waals surface area contributed by atoms with E-state index in [-0.39, 0.29) is 21.4 Å². The van der Waals surface area contributed by atoms with Gasteiger partial charge in [0.25, 0.3) is 0 Å². The molecule has 0 heterocycles. The molecule has 0 radical (unpaired) electrons. The van der Waals surface area contributed by atoms with Gasteiger partial charge in [-0.1, -0.05) is 71.2 Å². The number of sulfonamides is 1. The highest BCUT2D eigenvalue weighted by Gasteiger charge is 2.28. The van der Waals surface area contributed by atoms with Gasteiger partial charge in [0.15, 0.2) is 0 Å². The van der Waals surface area contributed by atoms with Crippen molar-refractivity contribution in [2.75, 3.05) is 5.32 Å². The Morgan fingerprint density at radius 3 is 2.32 bits per heavy atom. The van der Waals surface area contributed by atoms with Crippen molar-refractivity contribution >= 4 is 56.4 Å². The van der Waals surface area contributed by atoms with Gasteiger partial charge in [-0.3, -0.25) is 4.79 Å². The van der Waals surface area contributed by atoms with Crippen LogP contribution in [0.4, 0.5) is 5.69 Å². The normalized spacial score (nSPS) is 12.4. The molecule has 3 aromatic rings. The number of nitrogens with one attached hydrogen (secondary N) is 2. The Morgan fingerprint density at radius 2 is 1.65 bits per heavy atom. The summed E-state index contributed by atoms with van der Waals surface area (Å²) in [7, 11) is -4.14. The number of carbonyl (C=O) groups excluding carboxylic acids is 1. The number of anilines is 1. The molecule has 0 saturated heterocycles. The van der Waals surface area contributed by atoms with E-state index in [0.29, 0.717) is 10.7 Å². The van der Waals surface area contributed by atoms with Crippen molar-refractivity contribution in [3.8, 4) is 0 Å². The van der Waals surface area contributed by atoms with E-state index < -0.39 is 22.0 Å². The van der Waals surface area contributed by atoms with Crippen LogP contribution in [0.15, 0.2) is 71.6 Å². The minimum absolute atomic E-state index is 0.00101. The van der Waals surface area contributed by atoms with Gasteiger partial charge >= 0.3 is 0 Å². The zero-order chi connectivity index (χ0) is 22.6. The highest BCUT2D eigenvalue weighted by molar-refractivity contribution is 7.89. The van der Waals surface area contributed by atoms with Crippen LogP contribution >= 0.6 is 34.8 Å². The molecule has 162 valence electrons. The number of amides is 1. The Morgan fingerprint density at radius 1 is 0.935 bits per heavy atom. The highest BCUT2D eigenvalue weighted by atomic mass is 35.5. The van der Waals surface area contributed by atoms with Gasteiger partial charge in [-0.2, -0.15) is 4.72 Å². The Hall–Kier alpha value is -2.09. The molecule has 0 bridgehead atoms.